The van der Waals surface area contributed by atoms with Gasteiger partial charge in [0.15, 0.2) is 0 Å². The zero-order valence-electron chi connectivity index (χ0n) is 13.0. The molecule has 2 rings (SSSR count). The predicted octanol–water partition coefficient (Wildman–Crippen LogP) is 0.822. The number of anilines is 2. The lowest BCUT2D eigenvalue weighted by atomic mass is 10.1. The number of amides is 1. The molecule has 0 saturated carbocycles. The summed E-state index contributed by atoms with van der Waals surface area (Å²) in [5.74, 6) is -0.0689. The fourth-order valence-corrected chi connectivity index (χ4v) is 2.53. The average molecular weight is 307 g/mol. The molecule has 1 aliphatic heterocycles. The number of aliphatic hydroxyl groups is 1. The standard InChI is InChI=1S/C16H25N3O3/c1-22-11-8-17-12-16(21)18-14-4-2-3-5-15(14)19-9-6-13(20)7-10-19/h2-5,13,17,20H,6-12H2,1H3,(H,18,21). The molecule has 1 amide bonds. The summed E-state index contributed by atoms with van der Waals surface area (Å²) in [6.45, 7) is 3.10. The highest BCUT2D eigenvalue weighted by molar-refractivity contribution is 5.95. The summed E-state index contributed by atoms with van der Waals surface area (Å²) in [5.41, 5.74) is 1.83. The van der Waals surface area contributed by atoms with Gasteiger partial charge in [-0.1, -0.05) is 12.1 Å². The number of aliphatic hydroxyl groups excluding tert-OH is 1. The maximum atomic E-state index is 12.0. The summed E-state index contributed by atoms with van der Waals surface area (Å²) >= 11 is 0. The highest BCUT2D eigenvalue weighted by Gasteiger charge is 2.19. The number of methoxy groups -OCH3 is 1. The molecular formula is C16H25N3O3. The van der Waals surface area contributed by atoms with Crippen molar-refractivity contribution >= 4 is 17.3 Å². The normalized spacial score (nSPS) is 15.8. The van der Waals surface area contributed by atoms with Gasteiger partial charge < -0.3 is 25.4 Å². The van der Waals surface area contributed by atoms with E-state index < -0.39 is 0 Å². The SMILES string of the molecule is COCCNCC(=O)Nc1ccccc1N1CCC(O)CC1. The van der Waals surface area contributed by atoms with Gasteiger partial charge in [0.25, 0.3) is 0 Å². The van der Waals surface area contributed by atoms with Gasteiger partial charge in [-0.25, -0.2) is 0 Å². The van der Waals surface area contributed by atoms with E-state index in [1.54, 1.807) is 7.11 Å². The Labute approximate surface area is 131 Å². The third-order valence-corrected chi connectivity index (χ3v) is 3.75. The highest BCUT2D eigenvalue weighted by Crippen LogP contribution is 2.28. The average Bonchev–Trinajstić information content (AvgIpc) is 2.53. The van der Waals surface area contributed by atoms with Gasteiger partial charge in [0, 0.05) is 26.7 Å². The molecule has 0 aliphatic carbocycles. The Morgan fingerprint density at radius 1 is 1.36 bits per heavy atom. The number of nitrogens with one attached hydrogen (secondary N) is 2. The third-order valence-electron chi connectivity index (χ3n) is 3.75. The summed E-state index contributed by atoms with van der Waals surface area (Å²) in [7, 11) is 1.63. The summed E-state index contributed by atoms with van der Waals surface area (Å²) in [5, 5.41) is 15.6. The van der Waals surface area contributed by atoms with E-state index in [1.165, 1.54) is 0 Å². The van der Waals surface area contributed by atoms with Crippen LogP contribution < -0.4 is 15.5 Å². The van der Waals surface area contributed by atoms with E-state index in [0.717, 1.165) is 37.3 Å². The molecule has 1 aromatic rings. The van der Waals surface area contributed by atoms with Gasteiger partial charge in [-0.05, 0) is 25.0 Å². The number of hydrogen-bond donors (Lipinski definition) is 3. The van der Waals surface area contributed by atoms with Crippen molar-refractivity contribution in [1.82, 2.24) is 5.32 Å². The van der Waals surface area contributed by atoms with E-state index in [4.69, 9.17) is 4.74 Å². The molecular weight excluding hydrogens is 282 g/mol. The Morgan fingerprint density at radius 2 is 2.09 bits per heavy atom. The van der Waals surface area contributed by atoms with Crippen LogP contribution in [-0.2, 0) is 9.53 Å². The van der Waals surface area contributed by atoms with Gasteiger partial charge in [0.1, 0.15) is 0 Å². The van der Waals surface area contributed by atoms with Crippen LogP contribution in [0.25, 0.3) is 0 Å². The Morgan fingerprint density at radius 3 is 2.82 bits per heavy atom. The molecule has 6 heteroatoms. The summed E-state index contributed by atoms with van der Waals surface area (Å²) < 4.78 is 4.93. The first kappa shape index (κ1) is 16.7. The zero-order valence-corrected chi connectivity index (χ0v) is 13.0. The predicted molar refractivity (Wildman–Crippen MR) is 87.3 cm³/mol. The number of nitrogens with zero attached hydrogens (tertiary/aromatic N) is 1. The van der Waals surface area contributed by atoms with Crippen molar-refractivity contribution in [2.75, 3.05) is 50.1 Å². The van der Waals surface area contributed by atoms with Crippen molar-refractivity contribution in [2.45, 2.75) is 18.9 Å². The molecule has 1 aliphatic rings. The van der Waals surface area contributed by atoms with Crippen LogP contribution in [0.3, 0.4) is 0 Å². The van der Waals surface area contributed by atoms with Crippen molar-refractivity contribution < 1.29 is 14.6 Å². The fourth-order valence-electron chi connectivity index (χ4n) is 2.53. The molecule has 6 nitrogen and oxygen atoms in total. The Bertz CT molecular complexity index is 473. The molecule has 1 saturated heterocycles. The lowest BCUT2D eigenvalue weighted by Gasteiger charge is -2.32. The largest absolute Gasteiger partial charge is 0.393 e. The first-order valence-electron chi connectivity index (χ1n) is 7.72. The van der Waals surface area contributed by atoms with Crippen molar-refractivity contribution in [2.24, 2.45) is 0 Å². The smallest absolute Gasteiger partial charge is 0.238 e. The zero-order chi connectivity index (χ0) is 15.8. The number of carbonyl (C=O) groups excluding carboxylic acids is 1. The summed E-state index contributed by atoms with van der Waals surface area (Å²) in [6.07, 6.45) is 1.32. The Hall–Kier alpha value is -1.63. The van der Waals surface area contributed by atoms with Crippen LogP contribution >= 0.6 is 0 Å². The number of hydrogen-bond acceptors (Lipinski definition) is 5. The van der Waals surface area contributed by atoms with Gasteiger partial charge in [-0.15, -0.1) is 0 Å². The molecule has 1 aromatic carbocycles. The van der Waals surface area contributed by atoms with E-state index in [-0.39, 0.29) is 18.6 Å². The number of carbonyl (C=O) groups is 1. The van der Waals surface area contributed by atoms with Crippen molar-refractivity contribution in [3.05, 3.63) is 24.3 Å². The molecule has 1 heterocycles. The van der Waals surface area contributed by atoms with E-state index in [0.29, 0.717) is 13.2 Å². The molecule has 0 bridgehead atoms. The molecule has 0 radical (unpaired) electrons. The van der Waals surface area contributed by atoms with Crippen LogP contribution in [0.2, 0.25) is 0 Å². The van der Waals surface area contributed by atoms with Gasteiger partial charge in [0.05, 0.1) is 30.6 Å². The van der Waals surface area contributed by atoms with Crippen LogP contribution in [0.15, 0.2) is 24.3 Å². The lowest BCUT2D eigenvalue weighted by Crippen LogP contribution is -2.36. The number of benzene rings is 1. The van der Waals surface area contributed by atoms with Gasteiger partial charge in [-0.2, -0.15) is 0 Å². The maximum Gasteiger partial charge on any atom is 0.238 e. The second kappa shape index (κ2) is 8.73. The van der Waals surface area contributed by atoms with Gasteiger partial charge in [0.2, 0.25) is 5.91 Å². The molecule has 0 aromatic heterocycles. The second-order valence-electron chi connectivity index (χ2n) is 5.45. The van der Waals surface area contributed by atoms with Crippen LogP contribution in [0.1, 0.15) is 12.8 Å². The molecule has 3 N–H and O–H groups in total. The molecule has 0 unspecified atom stereocenters. The van der Waals surface area contributed by atoms with Gasteiger partial charge in [-0.3, -0.25) is 4.79 Å². The van der Waals surface area contributed by atoms with Crippen LogP contribution in [0.4, 0.5) is 11.4 Å². The molecule has 122 valence electrons. The quantitative estimate of drug-likeness (QED) is 0.651. The van der Waals surface area contributed by atoms with Crippen molar-refractivity contribution in [3.8, 4) is 0 Å². The highest BCUT2D eigenvalue weighted by atomic mass is 16.5. The summed E-state index contributed by atoms with van der Waals surface area (Å²) in [6, 6.07) is 7.79. The first-order chi connectivity index (χ1) is 10.7. The van der Waals surface area contributed by atoms with E-state index in [2.05, 4.69) is 15.5 Å². The maximum absolute atomic E-state index is 12.0. The minimum absolute atomic E-state index is 0.0689. The monoisotopic (exact) mass is 307 g/mol. The number of ether oxygens (including phenoxy) is 1. The molecule has 1 fully saturated rings. The fraction of sp³-hybridized carbons (Fsp3) is 0.562. The van der Waals surface area contributed by atoms with Crippen molar-refractivity contribution in [3.63, 3.8) is 0 Å². The van der Waals surface area contributed by atoms with E-state index >= 15 is 0 Å². The second-order valence-corrected chi connectivity index (χ2v) is 5.45. The third kappa shape index (κ3) is 4.98. The van der Waals surface area contributed by atoms with Crippen molar-refractivity contribution in [1.29, 1.82) is 0 Å². The van der Waals surface area contributed by atoms with Crippen LogP contribution in [0.5, 0.6) is 0 Å². The number of piperidine rings is 1. The molecule has 0 spiro atoms. The minimum atomic E-state index is -0.206. The van der Waals surface area contributed by atoms with Crippen LogP contribution in [0, 0.1) is 0 Å². The molecule has 0 atom stereocenters. The number of para-hydroxylation sites is 2. The number of rotatable bonds is 7. The van der Waals surface area contributed by atoms with E-state index in [9.17, 15) is 9.90 Å². The van der Waals surface area contributed by atoms with Gasteiger partial charge >= 0.3 is 0 Å². The topological polar surface area (TPSA) is 73.8 Å². The lowest BCUT2D eigenvalue weighted by molar-refractivity contribution is -0.115. The Kier molecular flexibility index (Phi) is 6.64. The minimum Gasteiger partial charge on any atom is -0.393 e. The van der Waals surface area contributed by atoms with E-state index in [1.807, 2.05) is 24.3 Å². The Balaban J connectivity index is 1.92. The molecule has 22 heavy (non-hydrogen) atoms. The summed E-state index contributed by atoms with van der Waals surface area (Å²) in [4.78, 5) is 14.2. The van der Waals surface area contributed by atoms with Crippen LogP contribution in [-0.4, -0.2) is 57.0 Å². The first-order valence-corrected chi connectivity index (χ1v) is 7.72.